The number of hydrogen-bond donors (Lipinski definition) is 1. The lowest BCUT2D eigenvalue weighted by Gasteiger charge is -2.21. The summed E-state index contributed by atoms with van der Waals surface area (Å²) in [7, 11) is 0. The van der Waals surface area contributed by atoms with Crippen molar-refractivity contribution >= 4 is 5.91 Å². The number of primary amides is 1. The van der Waals surface area contributed by atoms with Crippen molar-refractivity contribution in [1.29, 1.82) is 5.26 Å². The summed E-state index contributed by atoms with van der Waals surface area (Å²) in [4.78, 5) is 13.6. The quantitative estimate of drug-likeness (QED) is 0.872. The Morgan fingerprint density at radius 1 is 1.50 bits per heavy atom. The number of ether oxygens (including phenoxy) is 1. The molecule has 5 heteroatoms. The van der Waals surface area contributed by atoms with E-state index in [0.717, 1.165) is 25.3 Å². The molecule has 1 saturated heterocycles. The van der Waals surface area contributed by atoms with Gasteiger partial charge in [0.15, 0.2) is 0 Å². The van der Waals surface area contributed by atoms with Crippen LogP contribution in [0.3, 0.4) is 0 Å². The molecule has 1 fully saturated rings. The van der Waals surface area contributed by atoms with Crippen molar-refractivity contribution in [1.82, 2.24) is 4.90 Å². The first-order valence-electron chi connectivity index (χ1n) is 6.69. The molecule has 0 aliphatic carbocycles. The molecule has 1 aromatic carbocycles. The summed E-state index contributed by atoms with van der Waals surface area (Å²) in [5.41, 5.74) is 5.63. The molecule has 0 aromatic heterocycles. The van der Waals surface area contributed by atoms with E-state index < -0.39 is 5.41 Å². The number of carbonyl (C=O) groups is 1. The summed E-state index contributed by atoms with van der Waals surface area (Å²) in [6.07, 6.45) is 0.805. The molecule has 0 radical (unpaired) electrons. The number of nitrogens with two attached hydrogens (primary N) is 1. The molecule has 106 valence electrons. The molecule has 1 aromatic rings. The number of nitriles is 1. The van der Waals surface area contributed by atoms with Gasteiger partial charge in [0, 0.05) is 13.1 Å². The van der Waals surface area contributed by atoms with E-state index in [1.807, 2.05) is 6.92 Å². The maximum Gasteiger partial charge on any atom is 0.224 e. The fraction of sp³-hybridized carbons (Fsp3) is 0.467. The second kappa shape index (κ2) is 5.93. The fourth-order valence-corrected chi connectivity index (χ4v) is 2.37. The number of rotatable bonds is 5. The first-order chi connectivity index (χ1) is 9.53. The molecule has 1 aliphatic rings. The molecule has 20 heavy (non-hydrogen) atoms. The van der Waals surface area contributed by atoms with Gasteiger partial charge in [-0.15, -0.1) is 0 Å². The van der Waals surface area contributed by atoms with Gasteiger partial charge in [-0.3, -0.25) is 9.69 Å². The van der Waals surface area contributed by atoms with Crippen molar-refractivity contribution < 1.29 is 9.53 Å². The van der Waals surface area contributed by atoms with Crippen molar-refractivity contribution in [2.75, 3.05) is 26.2 Å². The van der Waals surface area contributed by atoms with Crippen LogP contribution in [0.25, 0.3) is 0 Å². The zero-order chi connectivity index (χ0) is 14.6. The monoisotopic (exact) mass is 273 g/mol. The van der Waals surface area contributed by atoms with Gasteiger partial charge in [0.2, 0.25) is 5.91 Å². The van der Waals surface area contributed by atoms with E-state index in [1.54, 1.807) is 24.3 Å². The van der Waals surface area contributed by atoms with Crippen LogP contribution in [0.5, 0.6) is 5.75 Å². The Balaban J connectivity index is 1.77. The van der Waals surface area contributed by atoms with Crippen LogP contribution in [0.2, 0.25) is 0 Å². The summed E-state index contributed by atoms with van der Waals surface area (Å²) in [5, 5.41) is 8.71. The standard InChI is InChI=1S/C15H19N3O2/c1-15(14(17)19)6-7-18(11-15)8-9-20-13-4-2-12(10-16)3-5-13/h2-5H,6-9,11H2,1H3,(H2,17,19). The molecule has 1 aliphatic heterocycles. The number of likely N-dealkylation sites (tertiary alicyclic amines) is 1. The second-order valence-electron chi connectivity index (χ2n) is 5.44. The minimum atomic E-state index is -0.408. The number of benzene rings is 1. The third-order valence-corrected chi connectivity index (χ3v) is 3.81. The average Bonchev–Trinajstić information content (AvgIpc) is 2.83. The summed E-state index contributed by atoms with van der Waals surface area (Å²) in [6.45, 7) is 4.80. The molecule has 1 atom stereocenters. The second-order valence-corrected chi connectivity index (χ2v) is 5.44. The highest BCUT2D eigenvalue weighted by Crippen LogP contribution is 2.29. The van der Waals surface area contributed by atoms with E-state index >= 15 is 0 Å². The first-order valence-corrected chi connectivity index (χ1v) is 6.69. The van der Waals surface area contributed by atoms with Gasteiger partial charge >= 0.3 is 0 Å². The topological polar surface area (TPSA) is 79.3 Å². The molecule has 2 rings (SSSR count). The Labute approximate surface area is 118 Å². The maximum absolute atomic E-state index is 11.4. The summed E-state index contributed by atoms with van der Waals surface area (Å²) in [5.74, 6) is 0.522. The first kappa shape index (κ1) is 14.4. The van der Waals surface area contributed by atoms with Crippen LogP contribution >= 0.6 is 0 Å². The zero-order valence-corrected chi connectivity index (χ0v) is 11.6. The number of amides is 1. The lowest BCUT2D eigenvalue weighted by Crippen LogP contribution is -2.37. The number of carbonyl (C=O) groups excluding carboxylic acids is 1. The molecule has 0 saturated carbocycles. The highest BCUT2D eigenvalue weighted by atomic mass is 16.5. The Kier molecular flexibility index (Phi) is 4.26. The maximum atomic E-state index is 11.4. The van der Waals surface area contributed by atoms with Crippen molar-refractivity contribution in [2.45, 2.75) is 13.3 Å². The Bertz CT molecular complexity index is 521. The number of hydrogen-bond acceptors (Lipinski definition) is 4. The van der Waals surface area contributed by atoms with Crippen LogP contribution in [0.1, 0.15) is 18.9 Å². The van der Waals surface area contributed by atoms with Crippen LogP contribution in [-0.2, 0) is 4.79 Å². The third-order valence-electron chi connectivity index (χ3n) is 3.81. The van der Waals surface area contributed by atoms with Crippen molar-refractivity contribution in [3.05, 3.63) is 29.8 Å². The van der Waals surface area contributed by atoms with E-state index in [2.05, 4.69) is 11.0 Å². The molecular weight excluding hydrogens is 254 g/mol. The highest BCUT2D eigenvalue weighted by molar-refractivity contribution is 5.81. The van der Waals surface area contributed by atoms with Crippen molar-refractivity contribution in [3.8, 4) is 11.8 Å². The predicted octanol–water partition coefficient (Wildman–Crippen LogP) is 1.13. The largest absolute Gasteiger partial charge is 0.492 e. The molecule has 5 nitrogen and oxygen atoms in total. The van der Waals surface area contributed by atoms with Gasteiger partial charge in [-0.2, -0.15) is 5.26 Å². The molecule has 2 N–H and O–H groups in total. The van der Waals surface area contributed by atoms with Gasteiger partial charge in [0.05, 0.1) is 17.0 Å². The Morgan fingerprint density at radius 3 is 2.75 bits per heavy atom. The van der Waals surface area contributed by atoms with E-state index in [0.29, 0.717) is 18.7 Å². The molecular formula is C15H19N3O2. The fourth-order valence-electron chi connectivity index (χ4n) is 2.37. The third kappa shape index (κ3) is 3.28. The van der Waals surface area contributed by atoms with Crippen LogP contribution in [0.4, 0.5) is 0 Å². The Hall–Kier alpha value is -2.06. The molecule has 1 amide bonds. The molecule has 1 heterocycles. The van der Waals surface area contributed by atoms with Gasteiger partial charge in [-0.1, -0.05) is 0 Å². The molecule has 1 unspecified atom stereocenters. The number of nitrogens with zero attached hydrogens (tertiary/aromatic N) is 2. The van der Waals surface area contributed by atoms with E-state index in [9.17, 15) is 4.79 Å². The van der Waals surface area contributed by atoms with Gasteiger partial charge in [0.1, 0.15) is 12.4 Å². The minimum Gasteiger partial charge on any atom is -0.492 e. The lowest BCUT2D eigenvalue weighted by atomic mass is 9.89. The average molecular weight is 273 g/mol. The predicted molar refractivity (Wildman–Crippen MR) is 75.0 cm³/mol. The van der Waals surface area contributed by atoms with Crippen LogP contribution < -0.4 is 10.5 Å². The minimum absolute atomic E-state index is 0.229. The molecule has 0 spiro atoms. The van der Waals surface area contributed by atoms with E-state index in [-0.39, 0.29) is 5.91 Å². The highest BCUT2D eigenvalue weighted by Gasteiger charge is 2.38. The molecule has 0 bridgehead atoms. The van der Waals surface area contributed by atoms with Crippen molar-refractivity contribution in [3.63, 3.8) is 0 Å². The Morgan fingerprint density at radius 2 is 2.20 bits per heavy atom. The van der Waals surface area contributed by atoms with Crippen LogP contribution in [0, 0.1) is 16.7 Å². The summed E-state index contributed by atoms with van der Waals surface area (Å²) in [6, 6.07) is 9.11. The van der Waals surface area contributed by atoms with Crippen LogP contribution in [-0.4, -0.2) is 37.0 Å². The lowest BCUT2D eigenvalue weighted by molar-refractivity contribution is -0.126. The van der Waals surface area contributed by atoms with E-state index in [1.165, 1.54) is 0 Å². The smallest absolute Gasteiger partial charge is 0.224 e. The van der Waals surface area contributed by atoms with Gasteiger partial charge in [0.25, 0.3) is 0 Å². The normalized spacial score (nSPS) is 22.4. The van der Waals surface area contributed by atoms with Gasteiger partial charge in [-0.05, 0) is 44.2 Å². The van der Waals surface area contributed by atoms with Gasteiger partial charge < -0.3 is 10.5 Å². The summed E-state index contributed by atoms with van der Waals surface area (Å²) >= 11 is 0. The zero-order valence-electron chi connectivity index (χ0n) is 11.6. The van der Waals surface area contributed by atoms with Crippen molar-refractivity contribution in [2.24, 2.45) is 11.1 Å². The van der Waals surface area contributed by atoms with E-state index in [4.69, 9.17) is 15.7 Å². The SMILES string of the molecule is CC1(C(N)=O)CCN(CCOc2ccc(C#N)cc2)C1. The van der Waals surface area contributed by atoms with Gasteiger partial charge in [-0.25, -0.2) is 0 Å². The van der Waals surface area contributed by atoms with Crippen LogP contribution in [0.15, 0.2) is 24.3 Å². The summed E-state index contributed by atoms with van der Waals surface area (Å²) < 4.78 is 5.63.